The van der Waals surface area contributed by atoms with Crippen molar-refractivity contribution in [3.63, 3.8) is 0 Å². The van der Waals surface area contributed by atoms with Gasteiger partial charge < -0.3 is 20.8 Å². The minimum atomic E-state index is -0.850. The van der Waals surface area contributed by atoms with Crippen LogP contribution in [0.15, 0.2) is 49.1 Å². The van der Waals surface area contributed by atoms with Crippen LogP contribution < -0.4 is 15.8 Å². The zero-order chi connectivity index (χ0) is 19.2. The zero-order valence-corrected chi connectivity index (χ0v) is 14.2. The van der Waals surface area contributed by atoms with Crippen molar-refractivity contribution in [2.45, 2.75) is 19.0 Å². The standard InChI is InChI=1S/C18H17F2N5O2/c19-12-3-4-16(14(20)6-12)27-18-11(2-1-5-23-18)8-24-17(26)15(21)7-13-9-22-10-25-13/h1-6,9-10,15H,7-8,21H2,(H,22,25)(H,24,26)/t15-/m0/s1. The number of H-pyrrole nitrogens is 1. The maximum Gasteiger partial charge on any atom is 0.237 e. The molecular weight excluding hydrogens is 356 g/mol. The number of carbonyl (C=O) groups is 1. The SMILES string of the molecule is N[C@@H](Cc1cnc[nH]1)C(=O)NCc1cccnc1Oc1ccc(F)cc1F. The first-order valence-electron chi connectivity index (χ1n) is 8.10. The van der Waals surface area contributed by atoms with E-state index in [4.69, 9.17) is 10.5 Å². The van der Waals surface area contributed by atoms with Gasteiger partial charge in [-0.25, -0.2) is 18.7 Å². The van der Waals surface area contributed by atoms with Gasteiger partial charge in [-0.3, -0.25) is 4.79 Å². The maximum atomic E-state index is 13.8. The number of aromatic amines is 1. The Morgan fingerprint density at radius 2 is 2.19 bits per heavy atom. The van der Waals surface area contributed by atoms with Crippen molar-refractivity contribution in [1.29, 1.82) is 0 Å². The van der Waals surface area contributed by atoms with Crippen molar-refractivity contribution in [2.24, 2.45) is 5.73 Å². The molecular formula is C18H17F2N5O2. The smallest absolute Gasteiger partial charge is 0.237 e. The highest BCUT2D eigenvalue weighted by molar-refractivity contribution is 5.81. The molecule has 0 spiro atoms. The Bertz CT molecular complexity index is 918. The van der Waals surface area contributed by atoms with Crippen molar-refractivity contribution >= 4 is 5.91 Å². The molecule has 0 saturated carbocycles. The summed E-state index contributed by atoms with van der Waals surface area (Å²) in [7, 11) is 0. The molecule has 9 heteroatoms. The molecule has 3 aromatic rings. The third kappa shape index (κ3) is 4.85. The van der Waals surface area contributed by atoms with Crippen LogP contribution >= 0.6 is 0 Å². The summed E-state index contributed by atoms with van der Waals surface area (Å²) >= 11 is 0. The number of aromatic nitrogens is 3. The molecule has 7 nitrogen and oxygen atoms in total. The molecule has 27 heavy (non-hydrogen) atoms. The molecule has 2 heterocycles. The van der Waals surface area contributed by atoms with Gasteiger partial charge in [0.15, 0.2) is 11.6 Å². The van der Waals surface area contributed by atoms with E-state index in [1.807, 2.05) is 0 Å². The fourth-order valence-corrected chi connectivity index (χ4v) is 2.35. The predicted octanol–water partition coefficient (Wildman–Crippen LogP) is 2.06. The number of hydrogen-bond acceptors (Lipinski definition) is 5. The first kappa shape index (κ1) is 18.5. The van der Waals surface area contributed by atoms with Gasteiger partial charge in [0.2, 0.25) is 11.8 Å². The van der Waals surface area contributed by atoms with Crippen molar-refractivity contribution in [3.8, 4) is 11.6 Å². The molecule has 2 aromatic heterocycles. The van der Waals surface area contributed by atoms with Crippen LogP contribution in [0.2, 0.25) is 0 Å². The van der Waals surface area contributed by atoms with E-state index in [0.29, 0.717) is 18.1 Å². The molecule has 4 N–H and O–H groups in total. The van der Waals surface area contributed by atoms with Crippen LogP contribution in [0.5, 0.6) is 11.6 Å². The van der Waals surface area contributed by atoms with Crippen LogP contribution in [0.25, 0.3) is 0 Å². The van der Waals surface area contributed by atoms with Crippen molar-refractivity contribution in [2.75, 3.05) is 0 Å². The number of ether oxygens (including phenoxy) is 1. The minimum Gasteiger partial charge on any atom is -0.436 e. The Hall–Kier alpha value is -3.33. The van der Waals surface area contributed by atoms with Gasteiger partial charge in [0, 0.05) is 42.7 Å². The summed E-state index contributed by atoms with van der Waals surface area (Å²) in [6, 6.07) is 5.53. The molecule has 0 unspecified atom stereocenters. The zero-order valence-electron chi connectivity index (χ0n) is 14.2. The monoisotopic (exact) mass is 373 g/mol. The third-order valence-corrected chi connectivity index (χ3v) is 3.74. The summed E-state index contributed by atoms with van der Waals surface area (Å²) in [4.78, 5) is 23.0. The summed E-state index contributed by atoms with van der Waals surface area (Å²) < 4.78 is 32.2. The lowest BCUT2D eigenvalue weighted by Gasteiger charge is -2.13. The van der Waals surface area contributed by atoms with E-state index in [1.54, 1.807) is 18.3 Å². The molecule has 140 valence electrons. The van der Waals surface area contributed by atoms with E-state index in [0.717, 1.165) is 11.8 Å². The summed E-state index contributed by atoms with van der Waals surface area (Å²) in [6.07, 6.45) is 4.88. The first-order valence-corrected chi connectivity index (χ1v) is 8.10. The van der Waals surface area contributed by atoms with Crippen LogP contribution in [-0.4, -0.2) is 26.9 Å². The molecule has 0 aliphatic heterocycles. The second-order valence-electron chi connectivity index (χ2n) is 5.75. The molecule has 0 aliphatic carbocycles. The van der Waals surface area contributed by atoms with Crippen LogP contribution in [-0.2, 0) is 17.8 Å². The molecule has 0 aliphatic rings. The van der Waals surface area contributed by atoms with Gasteiger partial charge in [-0.05, 0) is 18.2 Å². The maximum absolute atomic E-state index is 13.8. The Labute approximate surface area is 153 Å². The van der Waals surface area contributed by atoms with Crippen LogP contribution in [0, 0.1) is 11.6 Å². The number of hydrogen-bond donors (Lipinski definition) is 3. The van der Waals surface area contributed by atoms with E-state index < -0.39 is 17.7 Å². The van der Waals surface area contributed by atoms with Crippen LogP contribution in [0.1, 0.15) is 11.3 Å². The van der Waals surface area contributed by atoms with Gasteiger partial charge in [0.05, 0.1) is 12.4 Å². The summed E-state index contributed by atoms with van der Waals surface area (Å²) in [5.41, 5.74) is 7.14. The van der Waals surface area contributed by atoms with Crippen LogP contribution in [0.4, 0.5) is 8.78 Å². The van der Waals surface area contributed by atoms with E-state index in [9.17, 15) is 13.6 Å². The largest absolute Gasteiger partial charge is 0.436 e. The number of rotatable bonds is 7. The van der Waals surface area contributed by atoms with Crippen LogP contribution in [0.3, 0.4) is 0 Å². The Balaban J connectivity index is 1.64. The number of nitrogens with one attached hydrogen (secondary N) is 2. The van der Waals surface area contributed by atoms with Crippen molar-refractivity contribution in [3.05, 3.63) is 71.9 Å². The number of nitrogens with two attached hydrogens (primary N) is 1. The lowest BCUT2D eigenvalue weighted by molar-refractivity contribution is -0.122. The van der Waals surface area contributed by atoms with E-state index >= 15 is 0 Å². The van der Waals surface area contributed by atoms with Gasteiger partial charge in [-0.2, -0.15) is 0 Å². The van der Waals surface area contributed by atoms with E-state index in [-0.39, 0.29) is 24.1 Å². The summed E-state index contributed by atoms with van der Waals surface area (Å²) in [5, 5.41) is 2.69. The lowest BCUT2D eigenvalue weighted by atomic mass is 10.1. The number of amides is 1. The summed E-state index contributed by atoms with van der Waals surface area (Å²) in [6.45, 7) is 0.0848. The average Bonchev–Trinajstić information content (AvgIpc) is 3.16. The molecule has 1 aromatic carbocycles. The Kier molecular flexibility index (Phi) is 5.72. The minimum absolute atomic E-state index is 0.0848. The van der Waals surface area contributed by atoms with Gasteiger partial charge in [0.1, 0.15) is 5.82 Å². The van der Waals surface area contributed by atoms with E-state index in [1.165, 1.54) is 18.6 Å². The second kappa shape index (κ2) is 8.37. The highest BCUT2D eigenvalue weighted by atomic mass is 19.1. The van der Waals surface area contributed by atoms with Gasteiger partial charge >= 0.3 is 0 Å². The van der Waals surface area contributed by atoms with Crippen molar-refractivity contribution in [1.82, 2.24) is 20.3 Å². The molecule has 3 rings (SSSR count). The molecule has 1 amide bonds. The highest BCUT2D eigenvalue weighted by Gasteiger charge is 2.16. The Morgan fingerprint density at radius 1 is 1.33 bits per heavy atom. The predicted molar refractivity (Wildman–Crippen MR) is 92.8 cm³/mol. The average molecular weight is 373 g/mol. The molecule has 1 atom stereocenters. The molecule has 0 saturated heterocycles. The van der Waals surface area contributed by atoms with Gasteiger partial charge in [0.25, 0.3) is 0 Å². The molecule has 0 fully saturated rings. The fourth-order valence-electron chi connectivity index (χ4n) is 2.35. The van der Waals surface area contributed by atoms with Gasteiger partial charge in [-0.15, -0.1) is 0 Å². The molecule has 0 bridgehead atoms. The first-order chi connectivity index (χ1) is 13.0. The lowest BCUT2D eigenvalue weighted by Crippen LogP contribution is -2.41. The van der Waals surface area contributed by atoms with Gasteiger partial charge in [-0.1, -0.05) is 6.07 Å². The highest BCUT2D eigenvalue weighted by Crippen LogP contribution is 2.26. The van der Waals surface area contributed by atoms with Crippen molar-refractivity contribution < 1.29 is 18.3 Å². The Morgan fingerprint density at radius 3 is 2.93 bits per heavy atom. The third-order valence-electron chi connectivity index (χ3n) is 3.74. The normalized spacial score (nSPS) is 11.8. The number of halogens is 2. The summed E-state index contributed by atoms with van der Waals surface area (Å²) in [5.74, 6) is -1.99. The number of benzene rings is 1. The second-order valence-corrected chi connectivity index (χ2v) is 5.75. The number of pyridine rings is 1. The fraction of sp³-hybridized carbons (Fsp3) is 0.167. The number of carbonyl (C=O) groups excluding carboxylic acids is 1. The topological polar surface area (TPSA) is 106 Å². The number of imidazole rings is 1. The molecule has 0 radical (unpaired) electrons. The quantitative estimate of drug-likeness (QED) is 0.588. The van der Waals surface area contributed by atoms with E-state index in [2.05, 4.69) is 20.3 Å². The number of nitrogens with zero attached hydrogens (tertiary/aromatic N) is 2.